The van der Waals surface area contributed by atoms with Crippen molar-refractivity contribution < 1.29 is 4.39 Å². The second-order valence-corrected chi connectivity index (χ2v) is 4.14. The third kappa shape index (κ3) is 3.04. The molecular weight excluding hydrogens is 217 g/mol. The molecule has 0 spiro atoms. The number of hydrogen-bond acceptors (Lipinski definition) is 2. The summed E-state index contributed by atoms with van der Waals surface area (Å²) in [6.07, 6.45) is 1.42. The second-order valence-electron chi connectivity index (χ2n) is 4.14. The first-order valence-electron chi connectivity index (χ1n) is 5.54. The number of para-hydroxylation sites is 1. The maximum Gasteiger partial charge on any atom is 0.148 e. The molecule has 0 saturated heterocycles. The van der Waals surface area contributed by atoms with E-state index in [1.54, 1.807) is 19.1 Å². The quantitative estimate of drug-likeness (QED) is 0.641. The molecule has 0 aliphatic heterocycles. The Bertz CT molecular complexity index is 462. The molecule has 17 heavy (non-hydrogen) atoms. The van der Waals surface area contributed by atoms with Gasteiger partial charge in [0, 0.05) is 0 Å². The molecule has 0 saturated carbocycles. The van der Waals surface area contributed by atoms with Crippen molar-refractivity contribution in [1.82, 2.24) is 0 Å². The molecule has 0 radical (unpaired) electrons. The van der Waals surface area contributed by atoms with Crippen molar-refractivity contribution in [1.29, 1.82) is 5.26 Å². The van der Waals surface area contributed by atoms with Crippen molar-refractivity contribution >= 4 is 11.5 Å². The lowest BCUT2D eigenvalue weighted by Gasteiger charge is -2.19. The number of hydrogen-bond donors (Lipinski definition) is 1. The lowest BCUT2D eigenvalue weighted by Crippen LogP contribution is -2.33. The topological polar surface area (TPSA) is 62.2 Å². The highest BCUT2D eigenvalue weighted by Crippen LogP contribution is 2.25. The van der Waals surface area contributed by atoms with Crippen molar-refractivity contribution in [3.8, 4) is 6.07 Å². The lowest BCUT2D eigenvalue weighted by molar-refractivity contribution is 0.537. The number of rotatable bonds is 4. The highest BCUT2D eigenvalue weighted by molar-refractivity contribution is 5.90. The zero-order valence-corrected chi connectivity index (χ0v) is 10.1. The zero-order valence-electron chi connectivity index (χ0n) is 10.1. The Kier molecular flexibility index (Phi) is 4.22. The first-order valence-corrected chi connectivity index (χ1v) is 5.54. The highest BCUT2D eigenvalue weighted by Gasteiger charge is 2.28. The average molecular weight is 233 g/mol. The molecule has 0 fully saturated rings. The molecule has 0 amide bonds. The number of amidine groups is 1. The highest BCUT2D eigenvalue weighted by atomic mass is 19.1. The summed E-state index contributed by atoms with van der Waals surface area (Å²) < 4.78 is 13.4. The minimum atomic E-state index is -0.836. The smallest absolute Gasteiger partial charge is 0.148 e. The molecule has 1 aromatic carbocycles. The molecule has 0 bridgehead atoms. The SMILES string of the molecule is CCCC(C)(C#N)C(N)=Nc1ccccc1F. The van der Waals surface area contributed by atoms with Gasteiger partial charge in [0.25, 0.3) is 0 Å². The van der Waals surface area contributed by atoms with E-state index in [4.69, 9.17) is 11.0 Å². The van der Waals surface area contributed by atoms with Crippen LogP contribution in [0.15, 0.2) is 29.3 Å². The number of nitrogens with zero attached hydrogens (tertiary/aromatic N) is 2. The summed E-state index contributed by atoms with van der Waals surface area (Å²) in [5, 5.41) is 9.13. The molecule has 1 rings (SSSR count). The summed E-state index contributed by atoms with van der Waals surface area (Å²) in [7, 11) is 0. The van der Waals surface area contributed by atoms with Crippen LogP contribution < -0.4 is 5.73 Å². The van der Waals surface area contributed by atoms with Crippen LogP contribution in [-0.4, -0.2) is 5.84 Å². The zero-order chi connectivity index (χ0) is 12.9. The van der Waals surface area contributed by atoms with E-state index in [9.17, 15) is 4.39 Å². The molecule has 1 unspecified atom stereocenters. The van der Waals surface area contributed by atoms with E-state index < -0.39 is 11.2 Å². The number of aliphatic imine (C=N–C) groups is 1. The van der Waals surface area contributed by atoms with Gasteiger partial charge in [0.1, 0.15) is 22.8 Å². The van der Waals surface area contributed by atoms with Gasteiger partial charge in [0.2, 0.25) is 0 Å². The Morgan fingerprint density at radius 3 is 2.71 bits per heavy atom. The summed E-state index contributed by atoms with van der Waals surface area (Å²) >= 11 is 0. The fraction of sp³-hybridized carbons (Fsp3) is 0.385. The second kappa shape index (κ2) is 5.44. The van der Waals surface area contributed by atoms with Crippen LogP contribution in [0.3, 0.4) is 0 Å². The minimum absolute atomic E-state index is 0.159. The summed E-state index contributed by atoms with van der Waals surface area (Å²) in [6.45, 7) is 3.68. The van der Waals surface area contributed by atoms with E-state index in [0.717, 1.165) is 6.42 Å². The number of halogens is 1. The predicted octanol–water partition coefficient (Wildman–Crippen LogP) is 3.14. The monoisotopic (exact) mass is 233 g/mol. The van der Waals surface area contributed by atoms with Gasteiger partial charge in [-0.25, -0.2) is 9.38 Å². The van der Waals surface area contributed by atoms with Gasteiger partial charge in [-0.2, -0.15) is 5.26 Å². The fourth-order valence-corrected chi connectivity index (χ4v) is 1.54. The van der Waals surface area contributed by atoms with Crippen LogP contribution in [-0.2, 0) is 0 Å². The van der Waals surface area contributed by atoms with E-state index in [-0.39, 0.29) is 11.5 Å². The van der Waals surface area contributed by atoms with Gasteiger partial charge in [-0.15, -0.1) is 0 Å². The predicted molar refractivity (Wildman–Crippen MR) is 66.3 cm³/mol. The van der Waals surface area contributed by atoms with E-state index in [1.165, 1.54) is 12.1 Å². The minimum Gasteiger partial charge on any atom is -0.386 e. The van der Waals surface area contributed by atoms with Crippen LogP contribution in [0.5, 0.6) is 0 Å². The molecule has 3 nitrogen and oxygen atoms in total. The molecule has 0 aliphatic rings. The molecule has 0 aliphatic carbocycles. The van der Waals surface area contributed by atoms with Crippen molar-refractivity contribution in [2.45, 2.75) is 26.7 Å². The van der Waals surface area contributed by atoms with Gasteiger partial charge in [-0.05, 0) is 25.5 Å². The van der Waals surface area contributed by atoms with Gasteiger partial charge < -0.3 is 5.73 Å². The van der Waals surface area contributed by atoms with Crippen LogP contribution in [0.4, 0.5) is 10.1 Å². The molecule has 4 heteroatoms. The number of benzene rings is 1. The van der Waals surface area contributed by atoms with Crippen LogP contribution in [0, 0.1) is 22.6 Å². The average Bonchev–Trinajstić information content (AvgIpc) is 2.32. The van der Waals surface area contributed by atoms with E-state index >= 15 is 0 Å². The van der Waals surface area contributed by atoms with Crippen LogP contribution >= 0.6 is 0 Å². The third-order valence-electron chi connectivity index (χ3n) is 2.66. The molecule has 0 aromatic heterocycles. The van der Waals surface area contributed by atoms with Crippen LogP contribution in [0.1, 0.15) is 26.7 Å². The molecule has 1 atom stereocenters. The number of nitriles is 1. The van der Waals surface area contributed by atoms with Crippen molar-refractivity contribution in [3.63, 3.8) is 0 Å². The summed E-state index contributed by atoms with van der Waals surface area (Å²) in [5.41, 5.74) is 5.14. The van der Waals surface area contributed by atoms with Gasteiger partial charge in [0.15, 0.2) is 0 Å². The Hall–Kier alpha value is -1.89. The normalized spacial score (nSPS) is 15.1. The Morgan fingerprint density at radius 1 is 1.53 bits per heavy atom. The summed E-state index contributed by atoms with van der Waals surface area (Å²) in [6, 6.07) is 8.25. The van der Waals surface area contributed by atoms with Crippen molar-refractivity contribution in [2.75, 3.05) is 0 Å². The largest absolute Gasteiger partial charge is 0.386 e. The lowest BCUT2D eigenvalue weighted by atomic mass is 9.86. The van der Waals surface area contributed by atoms with Crippen LogP contribution in [0.2, 0.25) is 0 Å². The fourth-order valence-electron chi connectivity index (χ4n) is 1.54. The van der Waals surface area contributed by atoms with Gasteiger partial charge >= 0.3 is 0 Å². The Balaban J connectivity index is 3.08. The van der Waals surface area contributed by atoms with E-state index in [2.05, 4.69) is 11.1 Å². The molecule has 0 heterocycles. The standard InChI is InChI=1S/C13H16FN3/c1-3-8-13(2,9-15)12(16)17-11-7-5-4-6-10(11)14/h4-7H,3,8H2,1-2H3,(H2,16,17). The third-order valence-corrected chi connectivity index (χ3v) is 2.66. The van der Waals surface area contributed by atoms with Crippen molar-refractivity contribution in [3.05, 3.63) is 30.1 Å². The maximum absolute atomic E-state index is 13.4. The first-order chi connectivity index (χ1) is 8.03. The molecule has 1 aromatic rings. The van der Waals surface area contributed by atoms with Gasteiger partial charge in [0.05, 0.1) is 6.07 Å². The Labute approximate surface area is 101 Å². The summed E-state index contributed by atoms with van der Waals surface area (Å²) in [4.78, 5) is 4.02. The molecule has 90 valence electrons. The van der Waals surface area contributed by atoms with E-state index in [0.29, 0.717) is 6.42 Å². The Morgan fingerprint density at radius 2 is 2.18 bits per heavy atom. The summed E-state index contributed by atoms with van der Waals surface area (Å²) in [5.74, 6) is -0.279. The van der Waals surface area contributed by atoms with Gasteiger partial charge in [-0.1, -0.05) is 25.5 Å². The van der Waals surface area contributed by atoms with Crippen LogP contribution in [0.25, 0.3) is 0 Å². The maximum atomic E-state index is 13.4. The number of nitrogens with two attached hydrogens (primary N) is 1. The first kappa shape index (κ1) is 13.2. The van der Waals surface area contributed by atoms with Gasteiger partial charge in [-0.3, -0.25) is 0 Å². The molecule has 2 N–H and O–H groups in total. The van der Waals surface area contributed by atoms with E-state index in [1.807, 2.05) is 6.92 Å². The van der Waals surface area contributed by atoms with Crippen molar-refractivity contribution in [2.24, 2.45) is 16.1 Å². The molecular formula is C13H16FN3.